The summed E-state index contributed by atoms with van der Waals surface area (Å²) in [6.07, 6.45) is 2.79. The molecule has 0 atom stereocenters. The quantitative estimate of drug-likeness (QED) is 0.251. The topological polar surface area (TPSA) is 38.8 Å². The van der Waals surface area contributed by atoms with Gasteiger partial charge in [0.2, 0.25) is 0 Å². The Morgan fingerprint density at radius 1 is 0.811 bits per heavy atom. The van der Waals surface area contributed by atoms with Crippen LogP contribution in [-0.2, 0) is 6.42 Å². The van der Waals surface area contributed by atoms with Gasteiger partial charge in [0, 0.05) is 30.6 Å². The minimum Gasteiger partial charge on any atom is -0.496 e. The summed E-state index contributed by atoms with van der Waals surface area (Å²) < 4.78 is 11.7. The molecule has 0 radical (unpaired) electrons. The van der Waals surface area contributed by atoms with Crippen LogP contribution < -0.4 is 9.47 Å². The second-order valence-electron chi connectivity index (χ2n) is 9.72. The third kappa shape index (κ3) is 6.10. The molecule has 1 heterocycles. The number of piperidine rings is 1. The zero-order chi connectivity index (χ0) is 25.6. The van der Waals surface area contributed by atoms with Crippen LogP contribution in [0.2, 0.25) is 0 Å². The summed E-state index contributed by atoms with van der Waals surface area (Å²) in [4.78, 5) is 15.5. The lowest BCUT2D eigenvalue weighted by atomic mass is 9.96. The van der Waals surface area contributed by atoms with Gasteiger partial charge in [-0.2, -0.15) is 0 Å². The number of hydrogen-bond donors (Lipinski definition) is 0. The Balaban J connectivity index is 1.24. The molecule has 0 unspecified atom stereocenters. The fraction of sp³-hybridized carbons (Fsp3) is 0.242. The van der Waals surface area contributed by atoms with Crippen LogP contribution in [0.5, 0.6) is 11.5 Å². The second-order valence-corrected chi connectivity index (χ2v) is 9.72. The van der Waals surface area contributed by atoms with E-state index in [9.17, 15) is 4.79 Å². The molecule has 4 aromatic rings. The molecule has 0 bridgehead atoms. The first-order valence-electron chi connectivity index (χ1n) is 12.9. The first-order valence-corrected chi connectivity index (χ1v) is 12.9. The van der Waals surface area contributed by atoms with Crippen LogP contribution in [0, 0.1) is 0 Å². The summed E-state index contributed by atoms with van der Waals surface area (Å²) in [6, 6.07) is 32.2. The monoisotopic (exact) mass is 491 g/mol. The Bertz CT molecular complexity index is 1320. The third-order valence-corrected chi connectivity index (χ3v) is 7.08. The van der Waals surface area contributed by atoms with Crippen LogP contribution in [0.15, 0.2) is 97.1 Å². The number of nitrogens with zero attached hydrogens (tertiary/aromatic N) is 1. The zero-order valence-corrected chi connectivity index (χ0v) is 21.5. The van der Waals surface area contributed by atoms with Gasteiger partial charge in [-0.05, 0) is 72.5 Å². The standard InChI is InChI=1S/C33H33NO3/c1-34-20-18-30(19-21-34)37-29-15-12-26(13-16-29)25-10-8-24(9-11-25)22-32(35)28-14-17-33(36-2)31(23-28)27-6-4-3-5-7-27/h3-17,23,30H,18-22H2,1-2H3. The van der Waals surface area contributed by atoms with Crippen LogP contribution in [0.3, 0.4) is 0 Å². The van der Waals surface area contributed by atoms with Crippen molar-refractivity contribution in [3.05, 3.63) is 108 Å². The van der Waals surface area contributed by atoms with Crippen molar-refractivity contribution in [1.82, 2.24) is 4.90 Å². The molecule has 188 valence electrons. The Morgan fingerprint density at radius 3 is 2.11 bits per heavy atom. The number of rotatable bonds is 8. The molecular weight excluding hydrogens is 458 g/mol. The number of Topliss-reactive ketones (excluding diaryl/α,β-unsaturated/α-hetero) is 1. The minimum atomic E-state index is 0.0861. The molecule has 0 aromatic heterocycles. The van der Waals surface area contributed by atoms with E-state index in [2.05, 4.69) is 48.3 Å². The number of likely N-dealkylation sites (tertiary alicyclic amines) is 1. The molecule has 0 spiro atoms. The van der Waals surface area contributed by atoms with Crippen LogP contribution in [-0.4, -0.2) is 44.0 Å². The number of carbonyl (C=O) groups is 1. The molecule has 0 N–H and O–H groups in total. The Morgan fingerprint density at radius 2 is 1.46 bits per heavy atom. The number of ketones is 1. The van der Waals surface area contributed by atoms with E-state index in [4.69, 9.17) is 9.47 Å². The van der Waals surface area contributed by atoms with Gasteiger partial charge in [-0.25, -0.2) is 0 Å². The van der Waals surface area contributed by atoms with Gasteiger partial charge in [0.15, 0.2) is 5.78 Å². The predicted octanol–water partition coefficient (Wildman–Crippen LogP) is 6.93. The summed E-state index contributed by atoms with van der Waals surface area (Å²) in [5.74, 6) is 1.77. The maximum Gasteiger partial charge on any atom is 0.167 e. The molecule has 5 rings (SSSR count). The molecule has 0 aliphatic carbocycles. The fourth-order valence-corrected chi connectivity index (χ4v) is 4.85. The van der Waals surface area contributed by atoms with E-state index in [1.165, 1.54) is 0 Å². The number of ether oxygens (including phenoxy) is 2. The highest BCUT2D eigenvalue weighted by atomic mass is 16.5. The second kappa shape index (κ2) is 11.4. The minimum absolute atomic E-state index is 0.0861. The fourth-order valence-electron chi connectivity index (χ4n) is 4.85. The summed E-state index contributed by atoms with van der Waals surface area (Å²) in [7, 11) is 3.81. The first-order chi connectivity index (χ1) is 18.1. The number of benzene rings is 4. The van der Waals surface area contributed by atoms with E-state index in [1.54, 1.807) is 7.11 Å². The third-order valence-electron chi connectivity index (χ3n) is 7.08. The van der Waals surface area contributed by atoms with Crippen LogP contribution >= 0.6 is 0 Å². The van der Waals surface area contributed by atoms with Gasteiger partial charge in [0.25, 0.3) is 0 Å². The van der Waals surface area contributed by atoms with Crippen molar-refractivity contribution in [2.45, 2.75) is 25.4 Å². The van der Waals surface area contributed by atoms with Gasteiger partial charge in [0.05, 0.1) is 7.11 Å². The molecule has 4 heteroatoms. The van der Waals surface area contributed by atoms with Crippen molar-refractivity contribution in [2.24, 2.45) is 0 Å². The average molecular weight is 492 g/mol. The van der Waals surface area contributed by atoms with E-state index < -0.39 is 0 Å². The molecule has 4 aromatic carbocycles. The van der Waals surface area contributed by atoms with E-state index in [0.717, 1.165) is 65.2 Å². The van der Waals surface area contributed by atoms with Gasteiger partial charge in [-0.1, -0.05) is 66.7 Å². The summed E-state index contributed by atoms with van der Waals surface area (Å²) >= 11 is 0. The van der Waals surface area contributed by atoms with Gasteiger partial charge >= 0.3 is 0 Å². The van der Waals surface area contributed by atoms with Crippen molar-refractivity contribution in [3.8, 4) is 33.8 Å². The van der Waals surface area contributed by atoms with Crippen LogP contribution in [0.4, 0.5) is 0 Å². The van der Waals surface area contributed by atoms with Crippen molar-refractivity contribution in [2.75, 3.05) is 27.2 Å². The lowest BCUT2D eigenvalue weighted by Gasteiger charge is -2.29. The summed E-state index contributed by atoms with van der Waals surface area (Å²) in [5.41, 5.74) is 5.89. The molecule has 4 nitrogen and oxygen atoms in total. The Hall–Kier alpha value is -3.89. The van der Waals surface area contributed by atoms with Crippen LogP contribution in [0.1, 0.15) is 28.8 Å². The van der Waals surface area contributed by atoms with E-state index in [0.29, 0.717) is 18.1 Å². The van der Waals surface area contributed by atoms with E-state index in [-0.39, 0.29) is 5.78 Å². The largest absolute Gasteiger partial charge is 0.496 e. The normalized spacial score (nSPS) is 14.3. The average Bonchev–Trinajstić information content (AvgIpc) is 2.95. The van der Waals surface area contributed by atoms with Crippen LogP contribution in [0.25, 0.3) is 22.3 Å². The molecule has 1 aliphatic rings. The molecular formula is C33H33NO3. The van der Waals surface area contributed by atoms with Crippen molar-refractivity contribution in [1.29, 1.82) is 0 Å². The summed E-state index contributed by atoms with van der Waals surface area (Å²) in [5, 5.41) is 0. The smallest absolute Gasteiger partial charge is 0.167 e. The van der Waals surface area contributed by atoms with Gasteiger partial charge in [0.1, 0.15) is 17.6 Å². The molecule has 1 fully saturated rings. The predicted molar refractivity (Wildman–Crippen MR) is 149 cm³/mol. The maximum absolute atomic E-state index is 13.1. The number of carbonyl (C=O) groups excluding carboxylic acids is 1. The highest BCUT2D eigenvalue weighted by molar-refractivity contribution is 5.99. The van der Waals surface area contributed by atoms with E-state index >= 15 is 0 Å². The first kappa shape index (κ1) is 24.8. The lowest BCUT2D eigenvalue weighted by molar-refractivity contribution is 0.0993. The van der Waals surface area contributed by atoms with Gasteiger partial charge in [-0.15, -0.1) is 0 Å². The maximum atomic E-state index is 13.1. The van der Waals surface area contributed by atoms with Crippen molar-refractivity contribution >= 4 is 5.78 Å². The van der Waals surface area contributed by atoms with Gasteiger partial charge in [-0.3, -0.25) is 4.79 Å². The van der Waals surface area contributed by atoms with Gasteiger partial charge < -0.3 is 14.4 Å². The molecule has 0 amide bonds. The Kier molecular flexibility index (Phi) is 7.67. The molecule has 0 saturated carbocycles. The van der Waals surface area contributed by atoms with Crippen molar-refractivity contribution < 1.29 is 14.3 Å². The highest BCUT2D eigenvalue weighted by Gasteiger charge is 2.18. The number of methoxy groups -OCH3 is 1. The highest BCUT2D eigenvalue weighted by Crippen LogP contribution is 2.31. The van der Waals surface area contributed by atoms with Crippen molar-refractivity contribution in [3.63, 3.8) is 0 Å². The number of hydrogen-bond acceptors (Lipinski definition) is 4. The van der Waals surface area contributed by atoms with E-state index in [1.807, 2.05) is 60.7 Å². The lowest BCUT2D eigenvalue weighted by Crippen LogP contribution is -2.35. The molecule has 1 saturated heterocycles. The Labute approximate surface area is 219 Å². The SMILES string of the molecule is COc1ccc(C(=O)Cc2ccc(-c3ccc(OC4CCN(C)CC4)cc3)cc2)cc1-c1ccccc1. The molecule has 1 aliphatic heterocycles. The summed E-state index contributed by atoms with van der Waals surface area (Å²) in [6.45, 7) is 2.18. The molecule has 37 heavy (non-hydrogen) atoms. The zero-order valence-electron chi connectivity index (χ0n) is 21.5.